The molecule has 110 valence electrons. The minimum atomic E-state index is -0.628. The molecule has 19 heavy (non-hydrogen) atoms. The SMILES string of the molecule is COCCC(N)C(=O)NC(C)C(=O)N1CCCCC1. The zero-order valence-corrected chi connectivity index (χ0v) is 11.9. The highest BCUT2D eigenvalue weighted by Crippen LogP contribution is 2.10. The van der Waals surface area contributed by atoms with Crippen molar-refractivity contribution in [2.75, 3.05) is 26.8 Å². The number of carbonyl (C=O) groups is 2. The van der Waals surface area contributed by atoms with Crippen LogP contribution < -0.4 is 11.1 Å². The summed E-state index contributed by atoms with van der Waals surface area (Å²) in [5, 5.41) is 2.67. The van der Waals surface area contributed by atoms with Crippen molar-refractivity contribution in [3.63, 3.8) is 0 Å². The number of carbonyl (C=O) groups excluding carboxylic acids is 2. The molecular formula is C13H25N3O3. The number of hydrogen-bond donors (Lipinski definition) is 2. The highest BCUT2D eigenvalue weighted by molar-refractivity contribution is 5.89. The average molecular weight is 271 g/mol. The van der Waals surface area contributed by atoms with Gasteiger partial charge in [-0.3, -0.25) is 9.59 Å². The zero-order chi connectivity index (χ0) is 14.3. The van der Waals surface area contributed by atoms with Gasteiger partial charge in [0.05, 0.1) is 6.04 Å². The number of nitrogens with one attached hydrogen (secondary N) is 1. The van der Waals surface area contributed by atoms with Gasteiger partial charge in [-0.25, -0.2) is 0 Å². The Bertz CT molecular complexity index is 304. The minimum Gasteiger partial charge on any atom is -0.385 e. The number of nitrogens with two attached hydrogens (primary N) is 1. The Morgan fingerprint density at radius 3 is 2.53 bits per heavy atom. The van der Waals surface area contributed by atoms with Gasteiger partial charge in [-0.05, 0) is 32.6 Å². The van der Waals surface area contributed by atoms with Gasteiger partial charge < -0.3 is 20.7 Å². The molecule has 0 radical (unpaired) electrons. The fourth-order valence-corrected chi connectivity index (χ4v) is 2.15. The van der Waals surface area contributed by atoms with E-state index in [0.717, 1.165) is 25.9 Å². The second-order valence-electron chi connectivity index (χ2n) is 5.00. The van der Waals surface area contributed by atoms with Crippen LogP contribution in [0.15, 0.2) is 0 Å². The Morgan fingerprint density at radius 1 is 1.32 bits per heavy atom. The third kappa shape index (κ3) is 5.16. The number of ether oxygens (including phenoxy) is 1. The summed E-state index contributed by atoms with van der Waals surface area (Å²) in [6.07, 6.45) is 3.71. The number of amides is 2. The number of likely N-dealkylation sites (tertiary alicyclic amines) is 1. The molecule has 0 saturated carbocycles. The number of rotatable bonds is 6. The van der Waals surface area contributed by atoms with Crippen LogP contribution in [0.5, 0.6) is 0 Å². The van der Waals surface area contributed by atoms with Crippen molar-refractivity contribution >= 4 is 11.8 Å². The maximum atomic E-state index is 12.1. The van der Waals surface area contributed by atoms with Gasteiger partial charge in [0.2, 0.25) is 11.8 Å². The van der Waals surface area contributed by atoms with Gasteiger partial charge >= 0.3 is 0 Å². The third-order valence-corrected chi connectivity index (χ3v) is 3.37. The first-order valence-electron chi connectivity index (χ1n) is 6.90. The molecule has 1 aliphatic heterocycles. The summed E-state index contributed by atoms with van der Waals surface area (Å²) in [6.45, 7) is 3.71. The lowest BCUT2D eigenvalue weighted by molar-refractivity contribution is -0.137. The van der Waals surface area contributed by atoms with Crippen LogP contribution in [0.3, 0.4) is 0 Å². The molecule has 1 aliphatic rings. The molecule has 0 aliphatic carbocycles. The topological polar surface area (TPSA) is 84.7 Å². The van der Waals surface area contributed by atoms with Gasteiger partial charge in [0.25, 0.3) is 0 Å². The molecule has 6 nitrogen and oxygen atoms in total. The smallest absolute Gasteiger partial charge is 0.244 e. The lowest BCUT2D eigenvalue weighted by Gasteiger charge is -2.29. The van der Waals surface area contributed by atoms with Crippen LogP contribution in [-0.4, -0.2) is 55.6 Å². The molecule has 2 atom stereocenters. The number of nitrogens with zero attached hydrogens (tertiary/aromatic N) is 1. The molecule has 0 aromatic heterocycles. The van der Waals surface area contributed by atoms with E-state index in [1.165, 1.54) is 6.42 Å². The standard InChI is InChI=1S/C13H25N3O3/c1-10(13(18)16-7-4-3-5-8-16)15-12(17)11(14)6-9-19-2/h10-11H,3-9,14H2,1-2H3,(H,15,17). The van der Waals surface area contributed by atoms with Crippen molar-refractivity contribution in [3.05, 3.63) is 0 Å². The lowest BCUT2D eigenvalue weighted by atomic mass is 10.1. The van der Waals surface area contributed by atoms with Gasteiger partial charge in [0.1, 0.15) is 6.04 Å². The zero-order valence-electron chi connectivity index (χ0n) is 11.9. The lowest BCUT2D eigenvalue weighted by Crippen LogP contribution is -2.52. The van der Waals surface area contributed by atoms with Crippen LogP contribution in [0.4, 0.5) is 0 Å². The Labute approximate surface area is 114 Å². The molecule has 0 aromatic rings. The molecule has 6 heteroatoms. The summed E-state index contributed by atoms with van der Waals surface area (Å²) in [7, 11) is 1.56. The van der Waals surface area contributed by atoms with E-state index in [0.29, 0.717) is 13.0 Å². The molecule has 0 bridgehead atoms. The van der Waals surface area contributed by atoms with E-state index in [4.69, 9.17) is 10.5 Å². The Kier molecular flexibility index (Phi) is 6.80. The van der Waals surface area contributed by atoms with Crippen LogP contribution >= 0.6 is 0 Å². The van der Waals surface area contributed by atoms with E-state index in [1.54, 1.807) is 14.0 Å². The van der Waals surface area contributed by atoms with Crippen molar-refractivity contribution in [1.29, 1.82) is 0 Å². The maximum Gasteiger partial charge on any atom is 0.244 e. The summed E-state index contributed by atoms with van der Waals surface area (Å²) >= 11 is 0. The predicted octanol–water partition coefficient (Wildman–Crippen LogP) is -0.133. The summed E-state index contributed by atoms with van der Waals surface area (Å²) in [4.78, 5) is 25.7. The minimum absolute atomic E-state index is 0.0213. The van der Waals surface area contributed by atoms with Gasteiger partial charge in [-0.1, -0.05) is 0 Å². The van der Waals surface area contributed by atoms with Gasteiger partial charge in [0.15, 0.2) is 0 Å². The largest absolute Gasteiger partial charge is 0.385 e. The van der Waals surface area contributed by atoms with E-state index >= 15 is 0 Å². The van der Waals surface area contributed by atoms with Crippen LogP contribution in [0, 0.1) is 0 Å². The second kappa shape index (κ2) is 8.12. The average Bonchev–Trinajstić information content (AvgIpc) is 2.44. The Balaban J connectivity index is 2.37. The first-order chi connectivity index (χ1) is 9.06. The van der Waals surface area contributed by atoms with Crippen molar-refractivity contribution < 1.29 is 14.3 Å². The van der Waals surface area contributed by atoms with Crippen LogP contribution in [-0.2, 0) is 14.3 Å². The molecule has 0 spiro atoms. The maximum absolute atomic E-state index is 12.1. The van der Waals surface area contributed by atoms with Crippen LogP contribution in [0.2, 0.25) is 0 Å². The highest BCUT2D eigenvalue weighted by atomic mass is 16.5. The second-order valence-corrected chi connectivity index (χ2v) is 5.00. The molecule has 1 fully saturated rings. The van der Waals surface area contributed by atoms with Crippen molar-refractivity contribution in [2.24, 2.45) is 5.73 Å². The first-order valence-corrected chi connectivity index (χ1v) is 6.90. The van der Waals surface area contributed by atoms with E-state index < -0.39 is 12.1 Å². The highest BCUT2D eigenvalue weighted by Gasteiger charge is 2.24. The summed E-state index contributed by atoms with van der Waals surface area (Å²) in [5.74, 6) is -0.318. The molecule has 1 rings (SSSR count). The molecule has 2 amide bonds. The van der Waals surface area contributed by atoms with Crippen molar-refractivity contribution in [2.45, 2.75) is 44.7 Å². The van der Waals surface area contributed by atoms with Gasteiger partial charge in [-0.2, -0.15) is 0 Å². The van der Waals surface area contributed by atoms with Gasteiger partial charge in [-0.15, -0.1) is 0 Å². The fourth-order valence-electron chi connectivity index (χ4n) is 2.15. The quantitative estimate of drug-likeness (QED) is 0.704. The third-order valence-electron chi connectivity index (χ3n) is 3.37. The molecule has 3 N–H and O–H groups in total. The Hall–Kier alpha value is -1.14. The van der Waals surface area contributed by atoms with E-state index in [9.17, 15) is 9.59 Å². The fraction of sp³-hybridized carbons (Fsp3) is 0.846. The Morgan fingerprint density at radius 2 is 1.95 bits per heavy atom. The monoisotopic (exact) mass is 271 g/mol. The van der Waals surface area contributed by atoms with Crippen LogP contribution in [0.1, 0.15) is 32.6 Å². The number of methoxy groups -OCH3 is 1. The van der Waals surface area contributed by atoms with Crippen molar-refractivity contribution in [1.82, 2.24) is 10.2 Å². The van der Waals surface area contributed by atoms with E-state index in [1.807, 2.05) is 4.90 Å². The molecule has 2 unspecified atom stereocenters. The van der Waals surface area contributed by atoms with Crippen LogP contribution in [0.25, 0.3) is 0 Å². The van der Waals surface area contributed by atoms with E-state index in [2.05, 4.69) is 5.32 Å². The molecule has 0 aromatic carbocycles. The number of hydrogen-bond acceptors (Lipinski definition) is 4. The number of piperidine rings is 1. The summed E-state index contributed by atoms with van der Waals surface area (Å²) < 4.78 is 4.88. The molecular weight excluding hydrogens is 246 g/mol. The summed E-state index contributed by atoms with van der Waals surface area (Å²) in [5.41, 5.74) is 5.71. The molecule has 1 heterocycles. The summed E-state index contributed by atoms with van der Waals surface area (Å²) in [6, 6.07) is -1.14. The normalized spacial score (nSPS) is 18.8. The van der Waals surface area contributed by atoms with Crippen molar-refractivity contribution in [3.8, 4) is 0 Å². The van der Waals surface area contributed by atoms with E-state index in [-0.39, 0.29) is 11.8 Å². The van der Waals surface area contributed by atoms with Gasteiger partial charge in [0, 0.05) is 26.8 Å². The predicted molar refractivity (Wildman–Crippen MR) is 72.5 cm³/mol. The first kappa shape index (κ1) is 15.9. The molecule has 1 saturated heterocycles.